The third-order valence-electron chi connectivity index (χ3n) is 2.87. The molecule has 1 N–H and O–H groups in total. The fourth-order valence-electron chi connectivity index (χ4n) is 1.99. The fraction of sp³-hybridized carbons (Fsp3) is 0.357. The zero-order valence-corrected chi connectivity index (χ0v) is 12.0. The van der Waals surface area contributed by atoms with Gasteiger partial charge in [0.25, 0.3) is 0 Å². The number of anilines is 1. The van der Waals surface area contributed by atoms with Gasteiger partial charge in [-0.2, -0.15) is 0 Å². The molecular weight excluding hydrogens is 283 g/mol. The van der Waals surface area contributed by atoms with Gasteiger partial charge in [-0.15, -0.1) is 0 Å². The third kappa shape index (κ3) is 3.36. The van der Waals surface area contributed by atoms with E-state index in [9.17, 15) is 13.2 Å². The first-order chi connectivity index (χ1) is 9.92. The average Bonchev–Trinajstić information content (AvgIpc) is 2.74. The quantitative estimate of drug-likeness (QED) is 0.863. The van der Waals surface area contributed by atoms with E-state index in [-0.39, 0.29) is 11.7 Å². The maximum atomic E-state index is 13.9. The Morgan fingerprint density at radius 3 is 2.57 bits per heavy atom. The maximum Gasteiger partial charge on any atom is 0.208 e. The van der Waals surface area contributed by atoms with E-state index in [4.69, 9.17) is 4.74 Å². The Labute approximate surface area is 120 Å². The number of aromatic nitrogens is 2. The van der Waals surface area contributed by atoms with Gasteiger partial charge in [-0.05, 0) is 13.8 Å². The molecule has 1 heterocycles. The van der Waals surface area contributed by atoms with E-state index in [0.717, 1.165) is 6.07 Å². The van der Waals surface area contributed by atoms with Crippen molar-refractivity contribution in [1.82, 2.24) is 9.55 Å². The number of imidazole rings is 1. The highest BCUT2D eigenvalue weighted by atomic mass is 19.2. The minimum absolute atomic E-state index is 0.0797. The highest BCUT2D eigenvalue weighted by molar-refractivity contribution is 5.44. The van der Waals surface area contributed by atoms with Gasteiger partial charge in [-0.3, -0.25) is 4.57 Å². The Morgan fingerprint density at radius 2 is 1.90 bits per heavy atom. The van der Waals surface area contributed by atoms with Gasteiger partial charge < -0.3 is 10.1 Å². The lowest BCUT2D eigenvalue weighted by atomic mass is 10.2. The van der Waals surface area contributed by atoms with E-state index >= 15 is 0 Å². The summed E-state index contributed by atoms with van der Waals surface area (Å²) in [6, 6.07) is 1.24. The first kappa shape index (κ1) is 15.4. The van der Waals surface area contributed by atoms with Gasteiger partial charge in [-0.25, -0.2) is 18.2 Å². The molecule has 0 radical (unpaired) electrons. The number of hydrogen-bond acceptors (Lipinski definition) is 3. The molecule has 0 aliphatic heterocycles. The van der Waals surface area contributed by atoms with Crippen LogP contribution >= 0.6 is 0 Å². The van der Waals surface area contributed by atoms with Crippen LogP contribution in [0, 0.1) is 24.4 Å². The lowest BCUT2D eigenvalue weighted by Gasteiger charge is -2.15. The molecule has 0 amide bonds. The molecule has 1 atom stereocenters. The molecule has 0 aliphatic carbocycles. The SMILES string of the molecule is COCC(C)Nc1nc(C)cn1-c1cc(F)c(F)cc1F. The highest BCUT2D eigenvalue weighted by Crippen LogP contribution is 2.22. The second-order valence-corrected chi connectivity index (χ2v) is 4.79. The molecule has 21 heavy (non-hydrogen) atoms. The summed E-state index contributed by atoms with van der Waals surface area (Å²) in [5, 5.41) is 3.04. The van der Waals surface area contributed by atoms with Crippen molar-refractivity contribution in [3.8, 4) is 5.69 Å². The second-order valence-electron chi connectivity index (χ2n) is 4.79. The monoisotopic (exact) mass is 299 g/mol. The molecule has 2 rings (SSSR count). The molecule has 0 saturated heterocycles. The van der Waals surface area contributed by atoms with Gasteiger partial charge >= 0.3 is 0 Å². The zero-order chi connectivity index (χ0) is 15.6. The van der Waals surface area contributed by atoms with Crippen molar-refractivity contribution < 1.29 is 17.9 Å². The summed E-state index contributed by atoms with van der Waals surface area (Å²) in [4.78, 5) is 4.22. The summed E-state index contributed by atoms with van der Waals surface area (Å²) in [5.41, 5.74) is 0.507. The summed E-state index contributed by atoms with van der Waals surface area (Å²) in [6.07, 6.45) is 1.54. The Balaban J connectivity index is 2.42. The Kier molecular flexibility index (Phi) is 4.52. The van der Waals surface area contributed by atoms with Gasteiger partial charge in [0, 0.05) is 31.5 Å². The predicted molar refractivity (Wildman–Crippen MR) is 73.1 cm³/mol. The van der Waals surface area contributed by atoms with Crippen LogP contribution in [0.1, 0.15) is 12.6 Å². The maximum absolute atomic E-state index is 13.9. The molecule has 1 aromatic carbocycles. The van der Waals surface area contributed by atoms with E-state index in [2.05, 4.69) is 10.3 Å². The number of nitrogens with zero attached hydrogens (tertiary/aromatic N) is 2. The fourth-order valence-corrected chi connectivity index (χ4v) is 1.99. The smallest absolute Gasteiger partial charge is 0.208 e. The molecule has 0 bridgehead atoms. The Hall–Kier alpha value is -2.02. The van der Waals surface area contributed by atoms with Crippen LogP contribution in [0.4, 0.5) is 19.1 Å². The number of rotatable bonds is 5. The van der Waals surface area contributed by atoms with Crippen LogP contribution < -0.4 is 5.32 Å². The number of benzene rings is 1. The van der Waals surface area contributed by atoms with Crippen LogP contribution in [0.25, 0.3) is 5.69 Å². The Morgan fingerprint density at radius 1 is 1.24 bits per heavy atom. The second kappa shape index (κ2) is 6.17. The summed E-state index contributed by atoms with van der Waals surface area (Å²) < 4.78 is 46.6. The molecular formula is C14H16F3N3O. The van der Waals surface area contributed by atoms with Gasteiger partial charge in [0.1, 0.15) is 5.82 Å². The largest absolute Gasteiger partial charge is 0.383 e. The van der Waals surface area contributed by atoms with Crippen molar-refractivity contribution in [2.24, 2.45) is 0 Å². The lowest BCUT2D eigenvalue weighted by molar-refractivity contribution is 0.190. The average molecular weight is 299 g/mol. The number of aryl methyl sites for hydroxylation is 1. The van der Waals surface area contributed by atoms with Crippen LogP contribution in [-0.2, 0) is 4.74 Å². The summed E-state index contributed by atoms with van der Waals surface area (Å²) in [5.74, 6) is -2.88. The molecule has 0 saturated carbocycles. The number of nitrogens with one attached hydrogen (secondary N) is 1. The van der Waals surface area contributed by atoms with Crippen molar-refractivity contribution in [3.05, 3.63) is 41.5 Å². The van der Waals surface area contributed by atoms with Crippen LogP contribution in [0.2, 0.25) is 0 Å². The number of methoxy groups -OCH3 is 1. The molecule has 1 unspecified atom stereocenters. The molecule has 7 heteroatoms. The van der Waals surface area contributed by atoms with Gasteiger partial charge in [-0.1, -0.05) is 0 Å². The molecule has 1 aromatic heterocycles. The van der Waals surface area contributed by atoms with Gasteiger partial charge in [0.2, 0.25) is 5.95 Å². The number of halogens is 3. The predicted octanol–water partition coefficient (Wildman–Crippen LogP) is 3.04. The minimum atomic E-state index is -1.23. The normalized spacial score (nSPS) is 12.5. The van der Waals surface area contributed by atoms with Gasteiger partial charge in [0.05, 0.1) is 18.0 Å². The molecule has 0 aliphatic rings. The molecule has 4 nitrogen and oxygen atoms in total. The van der Waals surface area contributed by atoms with Crippen molar-refractivity contribution in [2.45, 2.75) is 19.9 Å². The Bertz CT molecular complexity index is 643. The highest BCUT2D eigenvalue weighted by Gasteiger charge is 2.16. The van der Waals surface area contributed by atoms with E-state index in [0.29, 0.717) is 24.3 Å². The minimum Gasteiger partial charge on any atom is -0.383 e. The van der Waals surface area contributed by atoms with Crippen LogP contribution in [-0.4, -0.2) is 29.3 Å². The van der Waals surface area contributed by atoms with Crippen molar-refractivity contribution in [1.29, 1.82) is 0 Å². The molecule has 0 spiro atoms. The number of hydrogen-bond donors (Lipinski definition) is 1. The first-order valence-corrected chi connectivity index (χ1v) is 6.38. The summed E-state index contributed by atoms with van der Waals surface area (Å²) in [7, 11) is 1.56. The van der Waals surface area contributed by atoms with Gasteiger partial charge in [0.15, 0.2) is 11.6 Å². The van der Waals surface area contributed by atoms with E-state index in [1.807, 2.05) is 6.92 Å². The number of ether oxygens (including phenoxy) is 1. The van der Waals surface area contributed by atoms with Crippen LogP contribution in [0.15, 0.2) is 18.3 Å². The van der Waals surface area contributed by atoms with Crippen molar-refractivity contribution in [3.63, 3.8) is 0 Å². The van der Waals surface area contributed by atoms with Crippen LogP contribution in [0.5, 0.6) is 0 Å². The first-order valence-electron chi connectivity index (χ1n) is 6.38. The summed E-state index contributed by atoms with van der Waals surface area (Å²) in [6.45, 7) is 4.01. The molecule has 0 fully saturated rings. The van der Waals surface area contributed by atoms with Crippen molar-refractivity contribution in [2.75, 3.05) is 19.0 Å². The standard InChI is InChI=1S/C14H16F3N3O/c1-8-6-20(14(18-8)19-9(2)7-21-3)13-5-11(16)10(15)4-12(13)17/h4-6,9H,7H2,1-3H3,(H,18,19). The third-order valence-corrected chi connectivity index (χ3v) is 2.87. The van der Waals surface area contributed by atoms with E-state index in [1.54, 1.807) is 14.0 Å². The van der Waals surface area contributed by atoms with E-state index in [1.165, 1.54) is 10.8 Å². The van der Waals surface area contributed by atoms with E-state index < -0.39 is 17.5 Å². The topological polar surface area (TPSA) is 39.1 Å². The van der Waals surface area contributed by atoms with Crippen molar-refractivity contribution >= 4 is 5.95 Å². The summed E-state index contributed by atoms with van der Waals surface area (Å²) >= 11 is 0. The molecule has 2 aromatic rings. The lowest BCUT2D eigenvalue weighted by Crippen LogP contribution is -2.23. The molecule has 114 valence electrons. The zero-order valence-electron chi connectivity index (χ0n) is 12.0. The van der Waals surface area contributed by atoms with Crippen LogP contribution in [0.3, 0.4) is 0 Å².